The van der Waals surface area contributed by atoms with Crippen LogP contribution in [0.3, 0.4) is 0 Å². The van der Waals surface area contributed by atoms with Crippen molar-refractivity contribution in [2.45, 2.75) is 31.8 Å². The van der Waals surface area contributed by atoms with E-state index < -0.39 is 12.1 Å². The van der Waals surface area contributed by atoms with Gasteiger partial charge in [0.25, 0.3) is 0 Å². The van der Waals surface area contributed by atoms with Crippen molar-refractivity contribution in [2.75, 3.05) is 7.11 Å². The van der Waals surface area contributed by atoms with Gasteiger partial charge in [-0.05, 0) is 19.3 Å². The smallest absolute Gasteiger partial charge is 0.336 e. The molecule has 3 nitrogen and oxygen atoms in total. The molecule has 1 atom stereocenters. The Morgan fingerprint density at radius 2 is 2.42 bits per heavy atom. The molecule has 0 saturated carbocycles. The molecular formula is C9H14O3. The lowest BCUT2D eigenvalue weighted by molar-refractivity contribution is -0.137. The first kappa shape index (κ1) is 9.26. The molecule has 0 radical (unpaired) electrons. The largest absolute Gasteiger partial charge is 0.466 e. The Bertz CT molecular complexity index is 196. The van der Waals surface area contributed by atoms with E-state index in [2.05, 4.69) is 4.74 Å². The van der Waals surface area contributed by atoms with Crippen LogP contribution < -0.4 is 0 Å². The summed E-state index contributed by atoms with van der Waals surface area (Å²) in [4.78, 5) is 11.1. The minimum atomic E-state index is -0.625. The summed E-state index contributed by atoms with van der Waals surface area (Å²) in [5.41, 5.74) is 0.426. The Labute approximate surface area is 72.0 Å². The van der Waals surface area contributed by atoms with E-state index in [1.54, 1.807) is 6.08 Å². The maximum absolute atomic E-state index is 11.1. The molecule has 12 heavy (non-hydrogen) atoms. The van der Waals surface area contributed by atoms with Gasteiger partial charge < -0.3 is 9.84 Å². The first-order chi connectivity index (χ1) is 5.75. The summed E-state index contributed by atoms with van der Waals surface area (Å²) >= 11 is 0. The highest BCUT2D eigenvalue weighted by atomic mass is 16.5. The van der Waals surface area contributed by atoms with E-state index in [1.807, 2.05) is 0 Å². The molecule has 0 aliphatic heterocycles. The molecule has 0 spiro atoms. The third-order valence-electron chi connectivity index (χ3n) is 2.08. The SMILES string of the molecule is COC(=O)C1=CCCCCC1O. The minimum absolute atomic E-state index is 0.399. The highest BCUT2D eigenvalue weighted by molar-refractivity contribution is 5.89. The Hall–Kier alpha value is -0.830. The van der Waals surface area contributed by atoms with Gasteiger partial charge in [-0.15, -0.1) is 0 Å². The fourth-order valence-electron chi connectivity index (χ4n) is 1.37. The van der Waals surface area contributed by atoms with Crippen molar-refractivity contribution in [1.82, 2.24) is 0 Å². The second kappa shape index (κ2) is 4.26. The van der Waals surface area contributed by atoms with Crippen molar-refractivity contribution < 1.29 is 14.6 Å². The third-order valence-corrected chi connectivity index (χ3v) is 2.08. The molecular weight excluding hydrogens is 156 g/mol. The summed E-state index contributed by atoms with van der Waals surface area (Å²) in [6.45, 7) is 0. The molecule has 1 aliphatic rings. The summed E-state index contributed by atoms with van der Waals surface area (Å²) in [7, 11) is 1.33. The van der Waals surface area contributed by atoms with Crippen LogP contribution in [0.1, 0.15) is 25.7 Å². The lowest BCUT2D eigenvalue weighted by atomic mass is 10.1. The fourth-order valence-corrected chi connectivity index (χ4v) is 1.37. The average Bonchev–Trinajstić information content (AvgIpc) is 2.28. The van der Waals surface area contributed by atoms with E-state index in [9.17, 15) is 9.90 Å². The average molecular weight is 170 g/mol. The zero-order valence-corrected chi connectivity index (χ0v) is 7.25. The molecule has 0 fully saturated rings. The Kier molecular flexibility index (Phi) is 3.29. The first-order valence-electron chi connectivity index (χ1n) is 4.22. The molecule has 0 saturated heterocycles. The van der Waals surface area contributed by atoms with Crippen molar-refractivity contribution in [3.8, 4) is 0 Å². The topological polar surface area (TPSA) is 46.5 Å². The van der Waals surface area contributed by atoms with Crippen LogP contribution in [0.4, 0.5) is 0 Å². The second-order valence-electron chi connectivity index (χ2n) is 2.95. The molecule has 1 unspecified atom stereocenters. The number of hydrogen-bond donors (Lipinski definition) is 1. The zero-order chi connectivity index (χ0) is 8.97. The van der Waals surface area contributed by atoms with Crippen LogP contribution in [-0.2, 0) is 9.53 Å². The van der Waals surface area contributed by atoms with Crippen LogP contribution in [0.5, 0.6) is 0 Å². The molecule has 0 aromatic heterocycles. The van der Waals surface area contributed by atoms with Crippen LogP contribution in [0.15, 0.2) is 11.6 Å². The number of esters is 1. The summed E-state index contributed by atoms with van der Waals surface area (Å²) in [6, 6.07) is 0. The van der Waals surface area contributed by atoms with Crippen molar-refractivity contribution in [1.29, 1.82) is 0 Å². The molecule has 0 aromatic rings. The number of carbonyl (C=O) groups excluding carboxylic acids is 1. The maximum Gasteiger partial charge on any atom is 0.336 e. The molecule has 3 heteroatoms. The molecule has 0 bridgehead atoms. The van der Waals surface area contributed by atoms with Gasteiger partial charge in [0, 0.05) is 0 Å². The lowest BCUT2D eigenvalue weighted by Crippen LogP contribution is -2.18. The van der Waals surface area contributed by atoms with Gasteiger partial charge in [0.15, 0.2) is 0 Å². The number of aliphatic hydroxyl groups is 1. The Morgan fingerprint density at radius 1 is 1.67 bits per heavy atom. The van der Waals surface area contributed by atoms with E-state index in [-0.39, 0.29) is 0 Å². The van der Waals surface area contributed by atoms with Gasteiger partial charge in [0.2, 0.25) is 0 Å². The number of aliphatic hydroxyl groups excluding tert-OH is 1. The minimum Gasteiger partial charge on any atom is -0.466 e. The van der Waals surface area contributed by atoms with Gasteiger partial charge in [0.05, 0.1) is 18.8 Å². The lowest BCUT2D eigenvalue weighted by Gasteiger charge is -2.09. The quantitative estimate of drug-likeness (QED) is 0.598. The van der Waals surface area contributed by atoms with E-state index in [4.69, 9.17) is 0 Å². The number of hydrogen-bond acceptors (Lipinski definition) is 3. The first-order valence-corrected chi connectivity index (χ1v) is 4.22. The highest BCUT2D eigenvalue weighted by Crippen LogP contribution is 2.18. The monoisotopic (exact) mass is 170 g/mol. The van der Waals surface area contributed by atoms with Crippen LogP contribution in [0.25, 0.3) is 0 Å². The number of methoxy groups -OCH3 is 1. The third kappa shape index (κ3) is 2.08. The molecule has 0 heterocycles. The van der Waals surface area contributed by atoms with E-state index in [1.165, 1.54) is 7.11 Å². The summed E-state index contributed by atoms with van der Waals surface area (Å²) in [6.07, 6.45) is 4.70. The molecule has 0 aromatic carbocycles. The zero-order valence-electron chi connectivity index (χ0n) is 7.25. The number of rotatable bonds is 1. The van der Waals surface area contributed by atoms with Gasteiger partial charge in [-0.2, -0.15) is 0 Å². The van der Waals surface area contributed by atoms with Crippen molar-refractivity contribution >= 4 is 5.97 Å². The molecule has 1 aliphatic carbocycles. The van der Waals surface area contributed by atoms with Crippen molar-refractivity contribution in [3.05, 3.63) is 11.6 Å². The van der Waals surface area contributed by atoms with Crippen LogP contribution in [0, 0.1) is 0 Å². The fraction of sp³-hybridized carbons (Fsp3) is 0.667. The van der Waals surface area contributed by atoms with Crippen LogP contribution >= 0.6 is 0 Å². The van der Waals surface area contributed by atoms with Gasteiger partial charge in [-0.3, -0.25) is 0 Å². The van der Waals surface area contributed by atoms with Crippen molar-refractivity contribution in [2.24, 2.45) is 0 Å². The van der Waals surface area contributed by atoms with E-state index >= 15 is 0 Å². The Balaban J connectivity index is 2.69. The van der Waals surface area contributed by atoms with E-state index in [0.29, 0.717) is 12.0 Å². The van der Waals surface area contributed by atoms with Gasteiger partial charge >= 0.3 is 5.97 Å². The predicted molar refractivity (Wildman–Crippen MR) is 44.6 cm³/mol. The van der Waals surface area contributed by atoms with Gasteiger partial charge in [0.1, 0.15) is 0 Å². The molecule has 1 N–H and O–H groups in total. The standard InChI is InChI=1S/C9H14O3/c1-12-9(11)7-5-3-2-4-6-8(7)10/h5,8,10H,2-4,6H2,1H3. The summed E-state index contributed by atoms with van der Waals surface area (Å²) in [5.74, 6) is -0.399. The molecule has 1 rings (SSSR count). The van der Waals surface area contributed by atoms with Crippen molar-refractivity contribution in [3.63, 3.8) is 0 Å². The number of allylic oxidation sites excluding steroid dienone is 1. The number of carbonyl (C=O) groups is 1. The molecule has 0 amide bonds. The predicted octanol–water partition coefficient (Wildman–Crippen LogP) is 1.02. The maximum atomic E-state index is 11.1. The highest BCUT2D eigenvalue weighted by Gasteiger charge is 2.20. The number of ether oxygens (including phenoxy) is 1. The van der Waals surface area contributed by atoms with Gasteiger partial charge in [-0.25, -0.2) is 4.79 Å². The Morgan fingerprint density at radius 3 is 3.08 bits per heavy atom. The molecule has 68 valence electrons. The second-order valence-corrected chi connectivity index (χ2v) is 2.95. The van der Waals surface area contributed by atoms with Crippen LogP contribution in [0.2, 0.25) is 0 Å². The van der Waals surface area contributed by atoms with Crippen LogP contribution in [-0.4, -0.2) is 24.3 Å². The summed E-state index contributed by atoms with van der Waals surface area (Å²) < 4.78 is 4.55. The normalized spacial score (nSPS) is 24.2. The van der Waals surface area contributed by atoms with E-state index in [0.717, 1.165) is 19.3 Å². The van der Waals surface area contributed by atoms with Gasteiger partial charge in [-0.1, -0.05) is 12.5 Å². The summed E-state index contributed by atoms with van der Waals surface area (Å²) in [5, 5.41) is 9.48.